The van der Waals surface area contributed by atoms with E-state index >= 15 is 0 Å². The predicted octanol–water partition coefficient (Wildman–Crippen LogP) is 2.12. The van der Waals surface area contributed by atoms with Crippen LogP contribution in [0.5, 0.6) is 0 Å². The molecule has 1 aromatic carbocycles. The number of aromatic nitrogens is 1. The first-order valence-corrected chi connectivity index (χ1v) is 9.91. The molecule has 1 aromatic heterocycles. The number of nitro groups is 1. The zero-order chi connectivity index (χ0) is 18.2. The molecule has 9 heteroatoms. The monoisotopic (exact) mass is 365 g/mol. The quantitative estimate of drug-likeness (QED) is 0.644. The maximum atomic E-state index is 13.0. The molecule has 0 radical (unpaired) electrons. The van der Waals surface area contributed by atoms with Crippen LogP contribution in [0, 0.1) is 10.1 Å². The van der Waals surface area contributed by atoms with Crippen LogP contribution in [0.1, 0.15) is 30.1 Å². The Labute approximate surface area is 144 Å². The van der Waals surface area contributed by atoms with E-state index in [1.165, 1.54) is 18.3 Å². The fraction of sp³-hybridized carbons (Fsp3) is 0.438. The first kappa shape index (κ1) is 17.4. The first-order valence-electron chi connectivity index (χ1n) is 8.09. The molecule has 1 aliphatic rings. The van der Waals surface area contributed by atoms with E-state index in [2.05, 4.69) is 4.98 Å². The van der Waals surface area contributed by atoms with Gasteiger partial charge in [-0.2, -0.15) is 0 Å². The van der Waals surface area contributed by atoms with Gasteiger partial charge < -0.3 is 9.88 Å². The number of rotatable bonds is 5. The summed E-state index contributed by atoms with van der Waals surface area (Å²) in [5.74, 6) is -0.151. The number of hydrogen-bond acceptors (Lipinski definition) is 5. The Hall–Kier alpha value is -2.42. The maximum absolute atomic E-state index is 13.0. The highest BCUT2D eigenvalue weighted by Gasteiger charge is 2.35. The SMILES string of the molecule is CCCN(C(=O)c1c[nH]c2cc([N+](=O)[O-])ccc12)C1CCS(=O)(=O)C1. The number of aromatic amines is 1. The highest BCUT2D eigenvalue weighted by atomic mass is 32.2. The lowest BCUT2D eigenvalue weighted by atomic mass is 10.1. The molecule has 0 bridgehead atoms. The number of non-ortho nitro benzene ring substituents is 1. The van der Waals surface area contributed by atoms with E-state index in [4.69, 9.17) is 0 Å². The molecular weight excluding hydrogens is 346 g/mol. The van der Waals surface area contributed by atoms with Gasteiger partial charge in [0.05, 0.1) is 27.5 Å². The Morgan fingerprint density at radius 3 is 2.80 bits per heavy atom. The second-order valence-corrected chi connectivity index (χ2v) is 8.47. The van der Waals surface area contributed by atoms with Gasteiger partial charge in [-0.05, 0) is 18.9 Å². The maximum Gasteiger partial charge on any atom is 0.271 e. The summed E-state index contributed by atoms with van der Waals surface area (Å²) in [6, 6.07) is 3.97. The van der Waals surface area contributed by atoms with Gasteiger partial charge in [-0.1, -0.05) is 6.92 Å². The van der Waals surface area contributed by atoms with Crippen LogP contribution in [0.3, 0.4) is 0 Å². The van der Waals surface area contributed by atoms with Crippen molar-refractivity contribution in [2.24, 2.45) is 0 Å². The van der Waals surface area contributed by atoms with E-state index in [1.807, 2.05) is 6.92 Å². The average molecular weight is 365 g/mol. The van der Waals surface area contributed by atoms with Gasteiger partial charge in [0.25, 0.3) is 11.6 Å². The Kier molecular flexibility index (Phi) is 4.51. The molecule has 0 aliphatic carbocycles. The Morgan fingerprint density at radius 2 is 2.20 bits per heavy atom. The largest absolute Gasteiger partial charge is 0.360 e. The molecule has 25 heavy (non-hydrogen) atoms. The lowest BCUT2D eigenvalue weighted by Crippen LogP contribution is -2.41. The van der Waals surface area contributed by atoms with Crippen LogP contribution in [0.2, 0.25) is 0 Å². The minimum absolute atomic E-state index is 0.00737. The summed E-state index contributed by atoms with van der Waals surface area (Å²) in [4.78, 5) is 27.9. The fourth-order valence-electron chi connectivity index (χ4n) is 3.27. The number of fused-ring (bicyclic) bond motifs is 1. The molecule has 3 rings (SSSR count). The van der Waals surface area contributed by atoms with E-state index in [9.17, 15) is 23.3 Å². The number of carbonyl (C=O) groups is 1. The van der Waals surface area contributed by atoms with Gasteiger partial charge in [0.1, 0.15) is 0 Å². The molecule has 1 N–H and O–H groups in total. The van der Waals surface area contributed by atoms with Gasteiger partial charge in [-0.15, -0.1) is 0 Å². The van der Waals surface area contributed by atoms with Crippen LogP contribution in [-0.2, 0) is 9.84 Å². The number of hydrogen-bond donors (Lipinski definition) is 1. The van der Waals surface area contributed by atoms with Crippen molar-refractivity contribution in [1.82, 2.24) is 9.88 Å². The van der Waals surface area contributed by atoms with Crippen LogP contribution in [-0.4, -0.2) is 53.2 Å². The molecule has 0 saturated carbocycles. The Bertz CT molecular complexity index is 934. The van der Waals surface area contributed by atoms with Gasteiger partial charge >= 0.3 is 0 Å². The molecule has 1 amide bonds. The Balaban J connectivity index is 1.95. The predicted molar refractivity (Wildman–Crippen MR) is 93.3 cm³/mol. The van der Waals surface area contributed by atoms with Crippen molar-refractivity contribution < 1.29 is 18.1 Å². The van der Waals surface area contributed by atoms with Crippen LogP contribution < -0.4 is 0 Å². The summed E-state index contributed by atoms with van der Waals surface area (Å²) in [6.07, 6.45) is 2.70. The third-order valence-electron chi connectivity index (χ3n) is 4.48. The van der Waals surface area contributed by atoms with Crippen molar-refractivity contribution in [2.45, 2.75) is 25.8 Å². The lowest BCUT2D eigenvalue weighted by molar-refractivity contribution is -0.384. The Morgan fingerprint density at radius 1 is 1.44 bits per heavy atom. The van der Waals surface area contributed by atoms with E-state index in [1.54, 1.807) is 11.0 Å². The van der Waals surface area contributed by atoms with E-state index < -0.39 is 14.8 Å². The van der Waals surface area contributed by atoms with Crippen molar-refractivity contribution in [3.8, 4) is 0 Å². The molecule has 134 valence electrons. The van der Waals surface area contributed by atoms with Gasteiger partial charge in [0, 0.05) is 36.3 Å². The molecule has 1 aliphatic heterocycles. The minimum Gasteiger partial charge on any atom is -0.360 e. The molecule has 1 saturated heterocycles. The number of nitrogens with one attached hydrogen (secondary N) is 1. The molecular formula is C16H19N3O5S. The van der Waals surface area contributed by atoms with E-state index in [-0.39, 0.29) is 29.1 Å². The molecule has 8 nitrogen and oxygen atoms in total. The molecule has 1 unspecified atom stereocenters. The standard InChI is InChI=1S/C16H19N3O5S/c1-2-6-18(12-5-7-25(23,24)10-12)16(20)14-9-17-15-8-11(19(21)22)3-4-13(14)15/h3-4,8-9,12,17H,2,5-7,10H2,1H3. The lowest BCUT2D eigenvalue weighted by Gasteiger charge is -2.27. The number of benzene rings is 1. The van der Waals surface area contributed by atoms with Crippen molar-refractivity contribution in [3.05, 3.63) is 40.1 Å². The van der Waals surface area contributed by atoms with E-state index in [0.29, 0.717) is 29.4 Å². The summed E-state index contributed by atoms with van der Waals surface area (Å²) < 4.78 is 23.5. The molecule has 2 aromatic rings. The average Bonchev–Trinajstić information content (AvgIpc) is 3.14. The third kappa shape index (κ3) is 3.37. The summed E-state index contributed by atoms with van der Waals surface area (Å²) in [7, 11) is -3.10. The van der Waals surface area contributed by atoms with Gasteiger partial charge in [-0.3, -0.25) is 14.9 Å². The highest BCUT2D eigenvalue weighted by Crippen LogP contribution is 2.26. The number of H-pyrrole nitrogens is 1. The van der Waals surface area contributed by atoms with Crippen molar-refractivity contribution >= 4 is 32.3 Å². The smallest absolute Gasteiger partial charge is 0.271 e. The van der Waals surface area contributed by atoms with Crippen molar-refractivity contribution in [2.75, 3.05) is 18.1 Å². The number of sulfone groups is 1. The second-order valence-electron chi connectivity index (χ2n) is 6.24. The molecule has 1 fully saturated rings. The minimum atomic E-state index is -3.10. The first-order chi connectivity index (χ1) is 11.8. The second kappa shape index (κ2) is 6.47. The number of amides is 1. The third-order valence-corrected chi connectivity index (χ3v) is 6.23. The van der Waals surface area contributed by atoms with Crippen LogP contribution >= 0.6 is 0 Å². The highest BCUT2D eigenvalue weighted by molar-refractivity contribution is 7.91. The summed E-state index contributed by atoms with van der Waals surface area (Å²) in [6.45, 7) is 2.40. The number of nitro benzene ring substituents is 1. The number of carbonyl (C=O) groups excluding carboxylic acids is 1. The van der Waals surface area contributed by atoms with Crippen LogP contribution in [0.25, 0.3) is 10.9 Å². The molecule has 2 heterocycles. The summed E-state index contributed by atoms with van der Waals surface area (Å²) >= 11 is 0. The van der Waals surface area contributed by atoms with Crippen LogP contribution in [0.15, 0.2) is 24.4 Å². The summed E-state index contributed by atoms with van der Waals surface area (Å²) in [5.41, 5.74) is 0.858. The van der Waals surface area contributed by atoms with Gasteiger partial charge in [0.15, 0.2) is 9.84 Å². The van der Waals surface area contributed by atoms with Crippen LogP contribution in [0.4, 0.5) is 5.69 Å². The van der Waals surface area contributed by atoms with Crippen molar-refractivity contribution in [1.29, 1.82) is 0 Å². The molecule has 1 atom stereocenters. The topological polar surface area (TPSA) is 113 Å². The zero-order valence-electron chi connectivity index (χ0n) is 13.8. The molecule has 0 spiro atoms. The van der Waals surface area contributed by atoms with E-state index in [0.717, 1.165) is 6.42 Å². The zero-order valence-corrected chi connectivity index (χ0v) is 14.6. The normalized spacial score (nSPS) is 19.2. The van der Waals surface area contributed by atoms with Gasteiger partial charge in [-0.25, -0.2) is 8.42 Å². The van der Waals surface area contributed by atoms with Crippen molar-refractivity contribution in [3.63, 3.8) is 0 Å². The number of nitrogens with zero attached hydrogens (tertiary/aromatic N) is 2. The summed E-state index contributed by atoms with van der Waals surface area (Å²) in [5, 5.41) is 11.5. The fourth-order valence-corrected chi connectivity index (χ4v) is 5.00. The van der Waals surface area contributed by atoms with Gasteiger partial charge in [0.2, 0.25) is 0 Å².